The molecule has 1 aromatic heterocycles. The number of nitrogens with one attached hydrogen (secondary N) is 1. The first kappa shape index (κ1) is 13.8. The number of ether oxygens (including phenoxy) is 1. The van der Waals surface area contributed by atoms with Gasteiger partial charge in [0.2, 0.25) is 5.88 Å². The summed E-state index contributed by atoms with van der Waals surface area (Å²) in [5, 5.41) is 0. The van der Waals surface area contributed by atoms with Crippen molar-refractivity contribution in [3.63, 3.8) is 0 Å². The summed E-state index contributed by atoms with van der Waals surface area (Å²) in [6, 6.07) is 7.90. The molecule has 0 bridgehead atoms. The molecule has 0 saturated heterocycles. The molecule has 5 nitrogen and oxygen atoms in total. The summed E-state index contributed by atoms with van der Waals surface area (Å²) in [4.78, 5) is 8.47. The number of hydrogen-bond donors (Lipinski definition) is 2. The second-order valence-corrected chi connectivity index (χ2v) is 4.93. The minimum absolute atomic E-state index is 0.433. The molecule has 0 aliphatic rings. The average Bonchev–Trinajstić information content (AvgIpc) is 2.41. The van der Waals surface area contributed by atoms with Crippen LogP contribution in [0.1, 0.15) is 17.0 Å². The number of anilines is 1. The van der Waals surface area contributed by atoms with E-state index in [1.165, 1.54) is 0 Å². The number of hydrazine groups is 1. The molecule has 0 radical (unpaired) electrons. The van der Waals surface area contributed by atoms with Gasteiger partial charge in [0.25, 0.3) is 0 Å². The molecule has 0 saturated carbocycles. The van der Waals surface area contributed by atoms with Gasteiger partial charge >= 0.3 is 0 Å². The molecule has 1 aromatic carbocycles. The lowest BCUT2D eigenvalue weighted by atomic mass is 10.2. The quantitative estimate of drug-likeness (QED) is 0.668. The Labute approximate surface area is 120 Å². The molecular formula is C13H15BrN4O. The van der Waals surface area contributed by atoms with Crippen LogP contribution in [-0.2, 0) is 6.61 Å². The normalized spacial score (nSPS) is 10.3. The third-order valence-electron chi connectivity index (χ3n) is 2.67. The van der Waals surface area contributed by atoms with Crippen molar-refractivity contribution in [2.75, 3.05) is 5.43 Å². The molecule has 6 heteroatoms. The summed E-state index contributed by atoms with van der Waals surface area (Å²) in [7, 11) is 0. The molecule has 100 valence electrons. The summed E-state index contributed by atoms with van der Waals surface area (Å²) < 4.78 is 6.76. The van der Waals surface area contributed by atoms with Gasteiger partial charge in [-0.3, -0.25) is 0 Å². The van der Waals surface area contributed by atoms with Crippen LogP contribution in [0.2, 0.25) is 0 Å². The zero-order chi connectivity index (χ0) is 13.8. The molecule has 0 atom stereocenters. The molecule has 2 aromatic rings. The molecule has 19 heavy (non-hydrogen) atoms. The smallest absolute Gasteiger partial charge is 0.222 e. The molecule has 0 fully saturated rings. The zero-order valence-electron chi connectivity index (χ0n) is 10.8. The largest absolute Gasteiger partial charge is 0.472 e. The van der Waals surface area contributed by atoms with Gasteiger partial charge in [0.15, 0.2) is 0 Å². The highest BCUT2D eigenvalue weighted by Gasteiger charge is 2.10. The maximum Gasteiger partial charge on any atom is 0.222 e. The summed E-state index contributed by atoms with van der Waals surface area (Å²) >= 11 is 3.49. The van der Waals surface area contributed by atoms with Crippen molar-refractivity contribution in [2.45, 2.75) is 20.5 Å². The van der Waals surface area contributed by atoms with E-state index in [4.69, 9.17) is 10.6 Å². The highest BCUT2D eigenvalue weighted by molar-refractivity contribution is 9.10. The van der Waals surface area contributed by atoms with Crippen LogP contribution < -0.4 is 16.0 Å². The van der Waals surface area contributed by atoms with E-state index in [2.05, 4.69) is 31.3 Å². The Morgan fingerprint density at radius 2 is 2.00 bits per heavy atom. The Hall–Kier alpha value is -1.66. The van der Waals surface area contributed by atoms with Crippen molar-refractivity contribution in [3.8, 4) is 5.88 Å². The predicted molar refractivity (Wildman–Crippen MR) is 77.8 cm³/mol. The molecule has 3 N–H and O–H groups in total. The van der Waals surface area contributed by atoms with Crippen LogP contribution in [0.4, 0.5) is 5.82 Å². The number of hydrogen-bond acceptors (Lipinski definition) is 5. The molecule has 0 spiro atoms. The lowest BCUT2D eigenvalue weighted by molar-refractivity contribution is 0.290. The minimum Gasteiger partial charge on any atom is -0.472 e. The van der Waals surface area contributed by atoms with E-state index in [0.717, 1.165) is 15.6 Å². The van der Waals surface area contributed by atoms with Gasteiger partial charge in [-0.1, -0.05) is 34.1 Å². The van der Waals surface area contributed by atoms with Crippen LogP contribution in [0.25, 0.3) is 0 Å². The standard InChI is InChI=1S/C13H15BrN4O/c1-8-12(18-15)16-9(2)17-13(8)19-7-10-5-3-4-6-11(10)14/h3-6H,7,15H2,1-2H3,(H,16,17,18). The fraction of sp³-hybridized carbons (Fsp3) is 0.231. The summed E-state index contributed by atoms with van der Waals surface area (Å²) in [6.07, 6.45) is 0. The van der Waals surface area contributed by atoms with Crippen molar-refractivity contribution in [1.29, 1.82) is 0 Å². The number of aryl methyl sites for hydroxylation is 1. The Balaban J connectivity index is 2.20. The van der Waals surface area contributed by atoms with Crippen molar-refractivity contribution in [3.05, 3.63) is 45.7 Å². The lowest BCUT2D eigenvalue weighted by Gasteiger charge is -2.12. The topological polar surface area (TPSA) is 73.1 Å². The first-order valence-electron chi connectivity index (χ1n) is 5.80. The van der Waals surface area contributed by atoms with Crippen molar-refractivity contribution >= 4 is 21.7 Å². The molecule has 0 amide bonds. The Bertz CT molecular complexity index is 589. The minimum atomic E-state index is 0.433. The number of halogens is 1. The van der Waals surface area contributed by atoms with E-state index >= 15 is 0 Å². The first-order chi connectivity index (χ1) is 9.11. The number of nitrogens with two attached hydrogens (primary N) is 1. The van der Waals surface area contributed by atoms with E-state index in [9.17, 15) is 0 Å². The van der Waals surface area contributed by atoms with Crippen molar-refractivity contribution in [1.82, 2.24) is 9.97 Å². The highest BCUT2D eigenvalue weighted by Crippen LogP contribution is 2.23. The average molecular weight is 323 g/mol. The van der Waals surface area contributed by atoms with Crippen LogP contribution >= 0.6 is 15.9 Å². The number of nitrogens with zero attached hydrogens (tertiary/aromatic N) is 2. The third-order valence-corrected chi connectivity index (χ3v) is 3.45. The highest BCUT2D eigenvalue weighted by atomic mass is 79.9. The van der Waals surface area contributed by atoms with Crippen LogP contribution in [0, 0.1) is 13.8 Å². The van der Waals surface area contributed by atoms with Crippen LogP contribution in [0.15, 0.2) is 28.7 Å². The molecule has 1 heterocycles. The van der Waals surface area contributed by atoms with Crippen LogP contribution in [0.3, 0.4) is 0 Å². The zero-order valence-corrected chi connectivity index (χ0v) is 12.4. The second-order valence-electron chi connectivity index (χ2n) is 4.07. The molecule has 0 unspecified atom stereocenters. The Morgan fingerprint density at radius 3 is 2.68 bits per heavy atom. The van der Waals surface area contributed by atoms with Gasteiger partial charge in [-0.2, -0.15) is 4.98 Å². The van der Waals surface area contributed by atoms with Gasteiger partial charge < -0.3 is 10.2 Å². The number of benzene rings is 1. The molecule has 2 rings (SSSR count). The van der Waals surface area contributed by atoms with Crippen molar-refractivity contribution in [2.24, 2.45) is 5.84 Å². The van der Waals surface area contributed by atoms with E-state index in [1.54, 1.807) is 6.92 Å². The molecule has 0 aliphatic heterocycles. The van der Waals surface area contributed by atoms with Gasteiger partial charge in [0, 0.05) is 10.0 Å². The van der Waals surface area contributed by atoms with E-state index in [-0.39, 0.29) is 0 Å². The monoisotopic (exact) mass is 322 g/mol. The Morgan fingerprint density at radius 1 is 1.26 bits per heavy atom. The number of rotatable bonds is 4. The van der Waals surface area contributed by atoms with E-state index < -0.39 is 0 Å². The molecule has 0 aliphatic carbocycles. The van der Waals surface area contributed by atoms with Gasteiger partial charge in [0.1, 0.15) is 18.2 Å². The lowest BCUT2D eigenvalue weighted by Crippen LogP contribution is -2.13. The van der Waals surface area contributed by atoms with Gasteiger partial charge in [-0.15, -0.1) is 0 Å². The maximum absolute atomic E-state index is 5.75. The summed E-state index contributed by atoms with van der Waals surface area (Å²) in [5.74, 6) is 7.14. The van der Waals surface area contributed by atoms with Crippen LogP contribution in [0.5, 0.6) is 5.88 Å². The second kappa shape index (κ2) is 5.99. The van der Waals surface area contributed by atoms with E-state index in [0.29, 0.717) is 24.1 Å². The summed E-state index contributed by atoms with van der Waals surface area (Å²) in [5.41, 5.74) is 4.39. The first-order valence-corrected chi connectivity index (χ1v) is 6.59. The maximum atomic E-state index is 5.75. The fourth-order valence-corrected chi connectivity index (χ4v) is 2.04. The van der Waals surface area contributed by atoms with Crippen LogP contribution in [-0.4, -0.2) is 9.97 Å². The van der Waals surface area contributed by atoms with Gasteiger partial charge in [-0.05, 0) is 19.9 Å². The third kappa shape index (κ3) is 3.21. The molecular weight excluding hydrogens is 308 g/mol. The SMILES string of the molecule is Cc1nc(NN)c(C)c(OCc2ccccc2Br)n1. The predicted octanol–water partition coefficient (Wildman–Crippen LogP) is 2.72. The van der Waals surface area contributed by atoms with E-state index in [1.807, 2.05) is 31.2 Å². The fourth-order valence-electron chi connectivity index (χ4n) is 1.65. The van der Waals surface area contributed by atoms with Crippen molar-refractivity contribution < 1.29 is 4.74 Å². The summed E-state index contributed by atoms with van der Waals surface area (Å²) in [6.45, 7) is 4.10. The number of aromatic nitrogens is 2. The number of nitrogen functional groups attached to an aromatic ring is 1. The Kier molecular flexibility index (Phi) is 4.34. The van der Waals surface area contributed by atoms with Gasteiger partial charge in [-0.25, -0.2) is 10.8 Å². The van der Waals surface area contributed by atoms with Gasteiger partial charge in [0.05, 0.1) is 5.56 Å².